The van der Waals surface area contributed by atoms with Crippen LogP contribution in [0.4, 0.5) is 9.93 Å². The molecule has 1 N–H and O–H groups in total. The molecule has 0 bridgehead atoms. The van der Waals surface area contributed by atoms with Gasteiger partial charge < -0.3 is 14.5 Å². The van der Waals surface area contributed by atoms with E-state index in [0.717, 1.165) is 11.3 Å². The predicted octanol–water partition coefficient (Wildman–Crippen LogP) is 0.888. The van der Waals surface area contributed by atoms with Crippen LogP contribution in [0.5, 0.6) is 0 Å². The monoisotopic (exact) mass is 286 g/mol. The quantitative estimate of drug-likeness (QED) is 0.829. The Labute approximate surface area is 115 Å². The Balaban J connectivity index is 1.89. The lowest BCUT2D eigenvalue weighted by Gasteiger charge is -2.35. The molecule has 7 nitrogen and oxygen atoms in total. The standard InChI is InChI=1S/C11H18N4O3S/c1-11(2,3)18-10(17)15-6-4-14(5-7-15)8-12-13-9(16)19-8/h4-7H2,1-3H3,(H,13,16). The highest BCUT2D eigenvalue weighted by atomic mass is 32.1. The van der Waals surface area contributed by atoms with E-state index in [9.17, 15) is 9.59 Å². The minimum atomic E-state index is -0.476. The van der Waals surface area contributed by atoms with E-state index < -0.39 is 5.60 Å². The van der Waals surface area contributed by atoms with Crippen LogP contribution in [-0.2, 0) is 4.74 Å². The number of carbonyl (C=O) groups excluding carboxylic acids is 1. The summed E-state index contributed by atoms with van der Waals surface area (Å²) in [5, 5.41) is 7.01. The van der Waals surface area contributed by atoms with Gasteiger partial charge in [0.25, 0.3) is 0 Å². The normalized spacial score (nSPS) is 16.6. The van der Waals surface area contributed by atoms with Gasteiger partial charge in [0.05, 0.1) is 0 Å². The van der Waals surface area contributed by atoms with Crippen molar-refractivity contribution in [1.29, 1.82) is 0 Å². The third kappa shape index (κ3) is 3.69. The molecule has 0 atom stereocenters. The second kappa shape index (κ2) is 5.20. The largest absolute Gasteiger partial charge is 0.444 e. The number of rotatable bonds is 1. The van der Waals surface area contributed by atoms with E-state index in [0.29, 0.717) is 31.3 Å². The number of anilines is 1. The maximum Gasteiger partial charge on any atom is 0.410 e. The molecule has 19 heavy (non-hydrogen) atoms. The van der Waals surface area contributed by atoms with E-state index >= 15 is 0 Å². The van der Waals surface area contributed by atoms with Gasteiger partial charge in [-0.2, -0.15) is 0 Å². The van der Waals surface area contributed by atoms with Crippen LogP contribution >= 0.6 is 11.3 Å². The number of carbonyl (C=O) groups is 1. The first kappa shape index (κ1) is 13.9. The highest BCUT2D eigenvalue weighted by molar-refractivity contribution is 7.12. The van der Waals surface area contributed by atoms with Gasteiger partial charge in [-0.05, 0) is 32.1 Å². The first-order valence-corrected chi connectivity index (χ1v) is 6.95. The molecule has 1 aliphatic heterocycles. The summed E-state index contributed by atoms with van der Waals surface area (Å²) in [6.07, 6.45) is -0.289. The lowest BCUT2D eigenvalue weighted by atomic mass is 10.2. The van der Waals surface area contributed by atoms with Crippen molar-refractivity contribution in [2.75, 3.05) is 31.1 Å². The van der Waals surface area contributed by atoms with E-state index in [1.807, 2.05) is 25.7 Å². The topological polar surface area (TPSA) is 78.5 Å². The summed E-state index contributed by atoms with van der Waals surface area (Å²) in [4.78, 5) is 26.4. The third-order valence-corrected chi connectivity index (χ3v) is 3.44. The van der Waals surface area contributed by atoms with Crippen LogP contribution in [0, 0.1) is 0 Å². The molecule has 2 rings (SSSR count). The van der Waals surface area contributed by atoms with Crippen molar-refractivity contribution in [2.24, 2.45) is 0 Å². The smallest absolute Gasteiger partial charge is 0.410 e. The van der Waals surface area contributed by atoms with Crippen LogP contribution in [-0.4, -0.2) is 53.0 Å². The summed E-state index contributed by atoms with van der Waals surface area (Å²) >= 11 is 1.08. The van der Waals surface area contributed by atoms with Crippen molar-refractivity contribution in [2.45, 2.75) is 26.4 Å². The zero-order chi connectivity index (χ0) is 14.0. The summed E-state index contributed by atoms with van der Waals surface area (Å²) in [5.41, 5.74) is -0.476. The van der Waals surface area contributed by atoms with Gasteiger partial charge in [-0.3, -0.25) is 4.79 Å². The van der Waals surface area contributed by atoms with Gasteiger partial charge in [0.15, 0.2) is 0 Å². The molecule has 1 amide bonds. The molecule has 1 saturated heterocycles. The highest BCUT2D eigenvalue weighted by Gasteiger charge is 2.26. The molecule has 0 aliphatic carbocycles. The molecule has 106 valence electrons. The van der Waals surface area contributed by atoms with Crippen molar-refractivity contribution >= 4 is 22.6 Å². The van der Waals surface area contributed by atoms with Gasteiger partial charge in [-0.25, -0.2) is 9.89 Å². The molecular formula is C11H18N4O3S. The lowest BCUT2D eigenvalue weighted by molar-refractivity contribution is 0.0240. The molecule has 0 saturated carbocycles. The van der Waals surface area contributed by atoms with E-state index in [2.05, 4.69) is 10.2 Å². The van der Waals surface area contributed by atoms with Crippen LogP contribution in [0.3, 0.4) is 0 Å². The maximum atomic E-state index is 11.9. The van der Waals surface area contributed by atoms with Crippen molar-refractivity contribution in [3.63, 3.8) is 0 Å². The first-order valence-electron chi connectivity index (χ1n) is 6.13. The number of nitrogens with zero attached hydrogens (tertiary/aromatic N) is 3. The molecule has 0 aromatic carbocycles. The number of aromatic amines is 1. The summed E-state index contributed by atoms with van der Waals surface area (Å²) in [6, 6.07) is 0. The SMILES string of the molecule is CC(C)(C)OC(=O)N1CCN(c2n[nH]c(=O)s2)CC1. The summed E-state index contributed by atoms with van der Waals surface area (Å²) in [7, 11) is 0. The summed E-state index contributed by atoms with van der Waals surface area (Å²) in [5.74, 6) is 0. The molecule has 2 heterocycles. The van der Waals surface area contributed by atoms with E-state index in [-0.39, 0.29) is 11.0 Å². The van der Waals surface area contributed by atoms with Crippen molar-refractivity contribution < 1.29 is 9.53 Å². The Kier molecular flexibility index (Phi) is 3.79. The van der Waals surface area contributed by atoms with Gasteiger partial charge >= 0.3 is 11.0 Å². The molecule has 1 aromatic rings. The number of amides is 1. The van der Waals surface area contributed by atoms with Gasteiger partial charge in [-0.1, -0.05) is 0 Å². The van der Waals surface area contributed by atoms with Gasteiger partial charge in [0, 0.05) is 26.2 Å². The fourth-order valence-electron chi connectivity index (χ4n) is 1.76. The Bertz CT molecular complexity index is 497. The fraction of sp³-hybridized carbons (Fsp3) is 0.727. The van der Waals surface area contributed by atoms with Crippen molar-refractivity contribution in [3.8, 4) is 0 Å². The van der Waals surface area contributed by atoms with Crippen LogP contribution in [0.1, 0.15) is 20.8 Å². The lowest BCUT2D eigenvalue weighted by Crippen LogP contribution is -2.50. The Morgan fingerprint density at radius 2 is 1.95 bits per heavy atom. The fourth-order valence-corrected chi connectivity index (χ4v) is 2.42. The molecule has 1 aromatic heterocycles. The Morgan fingerprint density at radius 3 is 2.42 bits per heavy atom. The Hall–Kier alpha value is -1.57. The maximum absolute atomic E-state index is 11.9. The zero-order valence-electron chi connectivity index (χ0n) is 11.3. The molecular weight excluding hydrogens is 268 g/mol. The van der Waals surface area contributed by atoms with Crippen LogP contribution in [0.15, 0.2) is 4.79 Å². The minimum Gasteiger partial charge on any atom is -0.444 e. The molecule has 0 unspecified atom stereocenters. The first-order chi connectivity index (χ1) is 8.85. The van der Waals surface area contributed by atoms with Crippen LogP contribution < -0.4 is 9.77 Å². The van der Waals surface area contributed by atoms with Crippen molar-refractivity contribution in [1.82, 2.24) is 15.1 Å². The second-order valence-electron chi connectivity index (χ2n) is 5.35. The molecule has 0 spiro atoms. The number of H-pyrrole nitrogens is 1. The van der Waals surface area contributed by atoms with E-state index in [1.54, 1.807) is 4.90 Å². The number of aromatic nitrogens is 2. The van der Waals surface area contributed by atoms with Crippen LogP contribution in [0.2, 0.25) is 0 Å². The number of hydrogen-bond acceptors (Lipinski definition) is 6. The van der Waals surface area contributed by atoms with E-state index in [1.165, 1.54) is 0 Å². The van der Waals surface area contributed by atoms with E-state index in [4.69, 9.17) is 4.74 Å². The third-order valence-electron chi connectivity index (χ3n) is 2.63. The molecule has 1 fully saturated rings. The zero-order valence-corrected chi connectivity index (χ0v) is 12.1. The summed E-state index contributed by atoms with van der Waals surface area (Å²) < 4.78 is 5.32. The van der Waals surface area contributed by atoms with Gasteiger partial charge in [0.2, 0.25) is 5.13 Å². The highest BCUT2D eigenvalue weighted by Crippen LogP contribution is 2.16. The predicted molar refractivity (Wildman–Crippen MR) is 72.8 cm³/mol. The average molecular weight is 286 g/mol. The number of ether oxygens (including phenoxy) is 1. The van der Waals surface area contributed by atoms with Gasteiger partial charge in [-0.15, -0.1) is 5.10 Å². The second-order valence-corrected chi connectivity index (χ2v) is 6.29. The Morgan fingerprint density at radius 1 is 1.32 bits per heavy atom. The van der Waals surface area contributed by atoms with Crippen LogP contribution in [0.25, 0.3) is 0 Å². The summed E-state index contributed by atoms with van der Waals surface area (Å²) in [6.45, 7) is 8.00. The number of hydrogen-bond donors (Lipinski definition) is 1. The number of piperazine rings is 1. The number of nitrogens with one attached hydrogen (secondary N) is 1. The van der Waals surface area contributed by atoms with Crippen molar-refractivity contribution in [3.05, 3.63) is 9.67 Å². The molecule has 1 aliphatic rings. The molecule has 0 radical (unpaired) electrons. The molecule has 8 heteroatoms. The van der Waals surface area contributed by atoms with Gasteiger partial charge in [0.1, 0.15) is 5.60 Å². The minimum absolute atomic E-state index is 0.162. The average Bonchev–Trinajstić information content (AvgIpc) is 2.74.